The SMILES string of the molecule is COc1cc(Cl)cc(CN2C[C@@H](O)[C@@]3(C2)[C@H](CO)[C@H]3c2ccccc2)c1OC. The zero-order valence-corrected chi connectivity index (χ0v) is 16.9. The van der Waals surface area contributed by atoms with E-state index in [1.54, 1.807) is 20.3 Å². The second-order valence-corrected chi connectivity index (χ2v) is 8.21. The second-order valence-electron chi connectivity index (χ2n) is 7.78. The van der Waals surface area contributed by atoms with Gasteiger partial charge in [0.15, 0.2) is 11.5 Å². The predicted molar refractivity (Wildman–Crippen MR) is 108 cm³/mol. The van der Waals surface area contributed by atoms with Gasteiger partial charge in [0.2, 0.25) is 0 Å². The molecular weight excluding hydrogens is 378 g/mol. The van der Waals surface area contributed by atoms with Crippen molar-refractivity contribution in [3.63, 3.8) is 0 Å². The van der Waals surface area contributed by atoms with Gasteiger partial charge >= 0.3 is 0 Å². The smallest absolute Gasteiger partial charge is 0.165 e. The van der Waals surface area contributed by atoms with Gasteiger partial charge in [-0.25, -0.2) is 0 Å². The first kappa shape index (κ1) is 19.5. The zero-order chi connectivity index (χ0) is 19.9. The van der Waals surface area contributed by atoms with Crippen molar-refractivity contribution in [2.45, 2.75) is 18.6 Å². The summed E-state index contributed by atoms with van der Waals surface area (Å²) in [5.74, 6) is 1.51. The summed E-state index contributed by atoms with van der Waals surface area (Å²) in [5.41, 5.74) is 1.81. The molecule has 0 radical (unpaired) electrons. The molecular formula is C22H26ClNO4. The van der Waals surface area contributed by atoms with E-state index in [0.29, 0.717) is 29.6 Å². The number of likely N-dealkylation sites (tertiary alicyclic amines) is 1. The van der Waals surface area contributed by atoms with Crippen LogP contribution in [0.1, 0.15) is 17.0 Å². The third-order valence-electron chi connectivity index (χ3n) is 6.38. The summed E-state index contributed by atoms with van der Waals surface area (Å²) in [5, 5.41) is 21.5. The van der Waals surface area contributed by atoms with Gasteiger partial charge in [-0.2, -0.15) is 0 Å². The molecule has 0 amide bonds. The van der Waals surface area contributed by atoms with Crippen molar-refractivity contribution in [3.8, 4) is 11.5 Å². The average molecular weight is 404 g/mol. The van der Waals surface area contributed by atoms with Gasteiger partial charge in [-0.1, -0.05) is 41.9 Å². The van der Waals surface area contributed by atoms with Crippen molar-refractivity contribution >= 4 is 11.6 Å². The number of hydrogen-bond acceptors (Lipinski definition) is 5. The molecule has 6 heteroatoms. The van der Waals surface area contributed by atoms with Crippen LogP contribution in [0.2, 0.25) is 5.02 Å². The fourth-order valence-electron chi connectivity index (χ4n) is 5.15. The van der Waals surface area contributed by atoms with Gasteiger partial charge in [-0.3, -0.25) is 4.90 Å². The minimum Gasteiger partial charge on any atom is -0.493 e. The van der Waals surface area contributed by atoms with E-state index >= 15 is 0 Å². The number of aliphatic hydroxyl groups excluding tert-OH is 2. The molecule has 0 bridgehead atoms. The van der Waals surface area contributed by atoms with Crippen LogP contribution in [0.4, 0.5) is 0 Å². The van der Waals surface area contributed by atoms with Crippen molar-refractivity contribution in [2.24, 2.45) is 11.3 Å². The van der Waals surface area contributed by atoms with Gasteiger partial charge in [0.05, 0.1) is 20.3 Å². The Morgan fingerprint density at radius 3 is 2.57 bits per heavy atom. The molecule has 2 N–H and O–H groups in total. The Hall–Kier alpha value is -1.79. The second kappa shape index (κ2) is 7.56. The monoisotopic (exact) mass is 403 g/mol. The molecule has 0 aromatic heterocycles. The molecule has 2 fully saturated rings. The standard InChI is InChI=1S/C22H26ClNO4/c1-27-18-9-16(23)8-15(21(18)28-2)10-24-11-19(26)22(13-24)17(12-25)20(22)14-6-4-3-5-7-14/h3-9,17,19-20,25-26H,10-13H2,1-2H3/t17-,19-,20-,22-/m1/s1. The Kier molecular flexibility index (Phi) is 5.27. The molecule has 1 aliphatic carbocycles. The van der Waals surface area contributed by atoms with Gasteiger partial charge < -0.3 is 19.7 Å². The average Bonchev–Trinajstić information content (AvgIpc) is 3.24. The highest BCUT2D eigenvalue weighted by atomic mass is 35.5. The van der Waals surface area contributed by atoms with E-state index in [4.69, 9.17) is 21.1 Å². The topological polar surface area (TPSA) is 62.2 Å². The fourth-order valence-corrected chi connectivity index (χ4v) is 5.38. The number of aliphatic hydroxyl groups is 2. The van der Waals surface area contributed by atoms with E-state index in [0.717, 1.165) is 12.1 Å². The van der Waals surface area contributed by atoms with Crippen LogP contribution in [0, 0.1) is 11.3 Å². The maximum atomic E-state index is 10.9. The predicted octanol–water partition coefficient (Wildman–Crippen LogP) is 2.93. The highest BCUT2D eigenvalue weighted by molar-refractivity contribution is 6.30. The molecule has 2 aliphatic rings. The minimum absolute atomic E-state index is 0.0747. The summed E-state index contributed by atoms with van der Waals surface area (Å²) in [6, 6.07) is 13.8. The van der Waals surface area contributed by atoms with Gasteiger partial charge in [0.25, 0.3) is 0 Å². The molecule has 0 unspecified atom stereocenters. The molecule has 150 valence electrons. The molecule has 1 saturated heterocycles. The highest BCUT2D eigenvalue weighted by Crippen LogP contribution is 2.68. The van der Waals surface area contributed by atoms with Crippen LogP contribution in [-0.4, -0.2) is 55.1 Å². The van der Waals surface area contributed by atoms with Crippen LogP contribution in [0.3, 0.4) is 0 Å². The lowest BCUT2D eigenvalue weighted by Gasteiger charge is -2.19. The Balaban J connectivity index is 1.58. The first-order valence-electron chi connectivity index (χ1n) is 9.51. The van der Waals surface area contributed by atoms with Crippen LogP contribution in [0.5, 0.6) is 11.5 Å². The molecule has 4 rings (SSSR count). The summed E-state index contributed by atoms with van der Waals surface area (Å²) in [6.07, 6.45) is -0.484. The molecule has 2 aromatic rings. The Bertz CT molecular complexity index is 846. The molecule has 4 atom stereocenters. The van der Waals surface area contributed by atoms with Gasteiger partial charge in [-0.15, -0.1) is 0 Å². The molecule has 5 nitrogen and oxygen atoms in total. The number of β-amino-alcohol motifs (C(OH)–C–C–N with tert-alkyl or cyclic N) is 1. The van der Waals surface area contributed by atoms with E-state index in [1.807, 2.05) is 24.3 Å². The van der Waals surface area contributed by atoms with E-state index < -0.39 is 6.10 Å². The lowest BCUT2D eigenvalue weighted by Crippen LogP contribution is -2.23. The number of rotatable bonds is 6. The van der Waals surface area contributed by atoms with Crippen LogP contribution in [0.15, 0.2) is 42.5 Å². The van der Waals surface area contributed by atoms with Crippen molar-refractivity contribution in [1.29, 1.82) is 0 Å². The molecule has 1 saturated carbocycles. The summed E-state index contributed by atoms with van der Waals surface area (Å²) in [6.45, 7) is 1.95. The van der Waals surface area contributed by atoms with E-state index in [-0.39, 0.29) is 23.9 Å². The highest BCUT2D eigenvalue weighted by Gasteiger charge is 2.70. The lowest BCUT2D eigenvalue weighted by atomic mass is 9.95. The van der Waals surface area contributed by atoms with Crippen molar-refractivity contribution in [2.75, 3.05) is 33.9 Å². The fraction of sp³-hybridized carbons (Fsp3) is 0.455. The van der Waals surface area contributed by atoms with Crippen LogP contribution in [-0.2, 0) is 6.54 Å². The van der Waals surface area contributed by atoms with Crippen molar-refractivity contribution < 1.29 is 19.7 Å². The van der Waals surface area contributed by atoms with Crippen LogP contribution >= 0.6 is 11.6 Å². The largest absolute Gasteiger partial charge is 0.493 e. The van der Waals surface area contributed by atoms with Crippen LogP contribution < -0.4 is 9.47 Å². The van der Waals surface area contributed by atoms with Crippen molar-refractivity contribution in [1.82, 2.24) is 4.90 Å². The summed E-state index contributed by atoms with van der Waals surface area (Å²) in [7, 11) is 3.21. The van der Waals surface area contributed by atoms with Crippen molar-refractivity contribution in [3.05, 3.63) is 58.6 Å². The van der Waals surface area contributed by atoms with Gasteiger partial charge in [0.1, 0.15) is 0 Å². The minimum atomic E-state index is -0.484. The Labute approximate surface area is 170 Å². The molecule has 1 heterocycles. The maximum absolute atomic E-state index is 10.9. The first-order chi connectivity index (χ1) is 13.5. The number of ether oxygens (including phenoxy) is 2. The maximum Gasteiger partial charge on any atom is 0.165 e. The van der Waals surface area contributed by atoms with E-state index in [2.05, 4.69) is 17.0 Å². The van der Waals surface area contributed by atoms with Gasteiger partial charge in [-0.05, 0) is 23.5 Å². The third kappa shape index (κ3) is 3.07. The first-order valence-corrected chi connectivity index (χ1v) is 9.89. The number of benzene rings is 2. The summed E-state index contributed by atoms with van der Waals surface area (Å²) >= 11 is 6.25. The number of methoxy groups -OCH3 is 2. The van der Waals surface area contributed by atoms with Crippen LogP contribution in [0.25, 0.3) is 0 Å². The molecule has 2 aromatic carbocycles. The number of halogens is 1. The Morgan fingerprint density at radius 1 is 1.18 bits per heavy atom. The Morgan fingerprint density at radius 2 is 1.93 bits per heavy atom. The molecule has 1 spiro atoms. The number of nitrogens with zero attached hydrogens (tertiary/aromatic N) is 1. The van der Waals surface area contributed by atoms with E-state index in [1.165, 1.54) is 5.56 Å². The summed E-state index contributed by atoms with van der Waals surface area (Å²) < 4.78 is 10.9. The quantitative estimate of drug-likeness (QED) is 0.776. The molecule has 28 heavy (non-hydrogen) atoms. The number of hydrogen-bond donors (Lipinski definition) is 2. The third-order valence-corrected chi connectivity index (χ3v) is 6.60. The summed E-state index contributed by atoms with van der Waals surface area (Å²) in [4.78, 5) is 2.21. The van der Waals surface area contributed by atoms with E-state index in [9.17, 15) is 10.2 Å². The normalized spacial score (nSPS) is 29.2. The molecule has 1 aliphatic heterocycles. The lowest BCUT2D eigenvalue weighted by molar-refractivity contribution is 0.111. The zero-order valence-electron chi connectivity index (χ0n) is 16.1. The van der Waals surface area contributed by atoms with Gasteiger partial charge in [0, 0.05) is 48.3 Å².